The Hall–Kier alpha value is -1.53. The second-order valence-electron chi connectivity index (χ2n) is 12.6. The van der Waals surface area contributed by atoms with E-state index in [-0.39, 0.29) is 30.2 Å². The van der Waals surface area contributed by atoms with Crippen molar-refractivity contribution >= 4 is 6.48 Å². The number of fused-ring (bicyclic) bond motifs is 3. The fourth-order valence-electron chi connectivity index (χ4n) is 6.16. The van der Waals surface area contributed by atoms with E-state index in [0.29, 0.717) is 5.92 Å². The number of halogens is 2. The van der Waals surface area contributed by atoms with Gasteiger partial charge in [-0.05, 0) is 0 Å². The Morgan fingerprint density at radius 2 is 1.41 bits per heavy atom. The Labute approximate surface area is 257 Å². The van der Waals surface area contributed by atoms with Crippen molar-refractivity contribution in [2.45, 2.75) is 75.7 Å². The monoisotopic (exact) mass is 634 g/mol. The number of allylic oxidation sites excluding steroid dienone is 4. The SMILES string of the molecule is C/[C](c1ccc(C)cc1)=[Zr+2](\[C]1=CC(C(C)(C)C)=CC1C)[c]1c(C)c(C)cc2c1Cc1cc(C)c(C)cc1-2.[Cl-].[Cl-]. The summed E-state index contributed by atoms with van der Waals surface area (Å²) < 4.78 is 5.14. The Kier molecular flexibility index (Phi) is 9.65. The van der Waals surface area contributed by atoms with Crippen molar-refractivity contribution in [2.75, 3.05) is 0 Å². The topological polar surface area (TPSA) is 0 Å². The first kappa shape index (κ1) is 32.0. The van der Waals surface area contributed by atoms with Crippen LogP contribution < -0.4 is 28.1 Å². The van der Waals surface area contributed by atoms with E-state index in [9.17, 15) is 0 Å². The molecule has 0 N–H and O–H groups in total. The van der Waals surface area contributed by atoms with Crippen LogP contribution in [-0.2, 0) is 27.7 Å². The van der Waals surface area contributed by atoms with E-state index in [0.717, 1.165) is 6.42 Å². The van der Waals surface area contributed by atoms with Crippen LogP contribution in [0.3, 0.4) is 0 Å². The molecule has 0 heterocycles. The summed E-state index contributed by atoms with van der Waals surface area (Å²) in [6.45, 7) is 23.5. The summed E-state index contributed by atoms with van der Waals surface area (Å²) in [6.07, 6.45) is 6.27. The molecule has 0 radical (unpaired) electrons. The summed E-state index contributed by atoms with van der Waals surface area (Å²) in [5.74, 6) is 0.507. The smallest absolute Gasteiger partial charge is 1.00 e. The van der Waals surface area contributed by atoms with Gasteiger partial charge in [-0.25, -0.2) is 0 Å². The molecule has 3 aromatic rings. The molecule has 204 valence electrons. The summed E-state index contributed by atoms with van der Waals surface area (Å²) in [7, 11) is 0. The first-order valence-corrected chi connectivity index (χ1v) is 17.5. The van der Waals surface area contributed by atoms with Crippen LogP contribution in [0.2, 0.25) is 0 Å². The fraction of sp³-hybridized carbons (Fsp3) is 0.361. The maximum Gasteiger partial charge on any atom is -1.00 e. The second-order valence-corrected chi connectivity index (χ2v) is 19.0. The molecule has 0 nitrogen and oxygen atoms in total. The minimum atomic E-state index is -2.50. The molecule has 0 saturated heterocycles. The van der Waals surface area contributed by atoms with Crippen LogP contribution in [0.5, 0.6) is 0 Å². The Bertz CT molecular complexity index is 1530. The van der Waals surface area contributed by atoms with Gasteiger partial charge in [-0.1, -0.05) is 0 Å². The summed E-state index contributed by atoms with van der Waals surface area (Å²) in [5.41, 5.74) is 16.4. The summed E-state index contributed by atoms with van der Waals surface area (Å²) in [4.78, 5) is 0. The molecule has 2 aliphatic rings. The summed E-state index contributed by atoms with van der Waals surface area (Å²) >= 11 is -2.50. The van der Waals surface area contributed by atoms with Gasteiger partial charge >= 0.3 is 234 Å². The van der Waals surface area contributed by atoms with Crippen LogP contribution in [0.4, 0.5) is 0 Å². The molecule has 0 aliphatic heterocycles. The third kappa shape index (κ3) is 5.80. The minimum absolute atomic E-state index is 0. The van der Waals surface area contributed by atoms with E-state index < -0.39 is 21.3 Å². The molecule has 0 saturated carbocycles. The maximum absolute atomic E-state index is 2.63. The first-order valence-electron chi connectivity index (χ1n) is 13.8. The number of hydrogen-bond donors (Lipinski definition) is 0. The van der Waals surface area contributed by atoms with Gasteiger partial charge in [0.05, 0.1) is 0 Å². The summed E-state index contributed by atoms with van der Waals surface area (Å²) in [5, 5.41) is 0. The van der Waals surface area contributed by atoms with Crippen molar-refractivity contribution in [1.29, 1.82) is 0 Å². The predicted molar refractivity (Wildman–Crippen MR) is 159 cm³/mol. The van der Waals surface area contributed by atoms with Crippen molar-refractivity contribution in [2.24, 2.45) is 11.3 Å². The zero-order valence-corrected chi connectivity index (χ0v) is 29.2. The fourth-order valence-corrected chi connectivity index (χ4v) is 14.7. The first-order chi connectivity index (χ1) is 17.4. The number of aryl methyl sites for hydroxylation is 4. The Morgan fingerprint density at radius 1 is 0.821 bits per heavy atom. The molecule has 0 fully saturated rings. The van der Waals surface area contributed by atoms with E-state index >= 15 is 0 Å². The molecule has 3 heteroatoms. The van der Waals surface area contributed by atoms with Crippen molar-refractivity contribution in [1.82, 2.24) is 0 Å². The normalized spacial score (nSPS) is 15.9. The van der Waals surface area contributed by atoms with Crippen LogP contribution in [0.25, 0.3) is 11.1 Å². The number of benzene rings is 3. The van der Waals surface area contributed by atoms with E-state index in [1.807, 2.05) is 0 Å². The molecule has 0 spiro atoms. The van der Waals surface area contributed by atoms with Gasteiger partial charge < -0.3 is 24.8 Å². The van der Waals surface area contributed by atoms with E-state index in [1.54, 1.807) is 15.3 Å². The van der Waals surface area contributed by atoms with Gasteiger partial charge in [0.1, 0.15) is 0 Å². The molecule has 2 aliphatic carbocycles. The standard InChI is InChI=1S/C17H17.C10H15.C9H10.2ClH.Zr/c1-10-5-14-9-15-6-11(2)13(4)8-17(15)16(14)7-12(10)3;1-8-5-6-9(7-8)10(2,3)4;1-3-9-6-4-8(2)5-7-9;;;/h5,7-8H,9H2,1-4H3;6-8H,1-4H3;4-7H,1-2H3;2*1H;/q;;;;;+2/p-2. The number of rotatable bonds is 3. The van der Waals surface area contributed by atoms with Gasteiger partial charge in [0.2, 0.25) is 0 Å². The largest absolute Gasteiger partial charge is 1.00 e. The third-order valence-corrected chi connectivity index (χ3v) is 17.2. The van der Waals surface area contributed by atoms with E-state index in [2.05, 4.69) is 124 Å². The van der Waals surface area contributed by atoms with Gasteiger partial charge in [-0.15, -0.1) is 0 Å². The van der Waals surface area contributed by atoms with Crippen molar-refractivity contribution in [3.63, 3.8) is 0 Å². The van der Waals surface area contributed by atoms with E-state index in [4.69, 9.17) is 0 Å². The zero-order valence-electron chi connectivity index (χ0n) is 25.2. The van der Waals surface area contributed by atoms with Crippen LogP contribution in [-0.4, -0.2) is 3.21 Å². The molecule has 0 bridgehead atoms. The molecule has 0 aromatic heterocycles. The van der Waals surface area contributed by atoms with Crippen LogP contribution >= 0.6 is 0 Å². The second kappa shape index (κ2) is 11.8. The molecule has 5 rings (SSSR count). The average molecular weight is 637 g/mol. The van der Waals surface area contributed by atoms with Gasteiger partial charge in [-0.2, -0.15) is 0 Å². The zero-order chi connectivity index (χ0) is 26.8. The molecule has 39 heavy (non-hydrogen) atoms. The van der Waals surface area contributed by atoms with Crippen LogP contribution in [0.15, 0.2) is 63.5 Å². The third-order valence-electron chi connectivity index (χ3n) is 8.83. The van der Waals surface area contributed by atoms with Crippen LogP contribution in [0, 0.1) is 46.0 Å². The van der Waals surface area contributed by atoms with Gasteiger partial charge in [0.25, 0.3) is 0 Å². The molecular weight excluding hydrogens is 595 g/mol. The average Bonchev–Trinajstić information content (AvgIpc) is 3.37. The minimum Gasteiger partial charge on any atom is -1.00 e. The molecule has 0 amide bonds. The molecule has 3 aromatic carbocycles. The van der Waals surface area contributed by atoms with Crippen molar-refractivity contribution in [3.8, 4) is 11.1 Å². The van der Waals surface area contributed by atoms with Crippen molar-refractivity contribution in [3.05, 3.63) is 108 Å². The van der Waals surface area contributed by atoms with Gasteiger partial charge in [-0.3, -0.25) is 0 Å². The van der Waals surface area contributed by atoms with Crippen molar-refractivity contribution < 1.29 is 46.1 Å². The van der Waals surface area contributed by atoms with Crippen LogP contribution in [0.1, 0.15) is 79.1 Å². The molecule has 1 atom stereocenters. The molecular formula is C36H42Cl2Zr. The Morgan fingerprint density at radius 3 is 2.00 bits per heavy atom. The summed E-state index contributed by atoms with van der Waals surface area (Å²) in [6, 6.07) is 16.7. The maximum atomic E-state index is 2.63. The van der Waals surface area contributed by atoms with E-state index in [1.165, 1.54) is 55.6 Å². The van der Waals surface area contributed by atoms with Gasteiger partial charge in [0, 0.05) is 0 Å². The molecule has 1 unspecified atom stereocenters. The van der Waals surface area contributed by atoms with Gasteiger partial charge in [0.15, 0.2) is 0 Å². The Balaban J connectivity index is 0.00000210. The predicted octanol–water partition coefficient (Wildman–Crippen LogP) is 2.80. The quantitative estimate of drug-likeness (QED) is 0.325. The number of hydrogen-bond acceptors (Lipinski definition) is 0.